The predicted molar refractivity (Wildman–Crippen MR) is 88.7 cm³/mol. The quantitative estimate of drug-likeness (QED) is 0.800. The summed E-state index contributed by atoms with van der Waals surface area (Å²) in [5.74, 6) is -0.787. The summed E-state index contributed by atoms with van der Waals surface area (Å²) in [6.07, 6.45) is 0.711. The van der Waals surface area contributed by atoms with Crippen molar-refractivity contribution in [1.29, 1.82) is 0 Å². The predicted octanol–water partition coefficient (Wildman–Crippen LogP) is 3.07. The molecule has 0 fully saturated rings. The van der Waals surface area contributed by atoms with Crippen molar-refractivity contribution >= 4 is 23.5 Å². The van der Waals surface area contributed by atoms with Gasteiger partial charge >= 0.3 is 5.97 Å². The number of carboxylic acids is 1. The van der Waals surface area contributed by atoms with Crippen LogP contribution in [-0.2, 0) is 11.2 Å². The van der Waals surface area contributed by atoms with Crippen LogP contribution in [0.1, 0.15) is 28.6 Å². The minimum Gasteiger partial charge on any atom is -0.487 e. The molecule has 1 aromatic carbocycles. The number of aryl methyl sites for hydroxylation is 1. The van der Waals surface area contributed by atoms with Crippen LogP contribution in [-0.4, -0.2) is 29.6 Å². The Bertz CT molecular complexity index is 740. The summed E-state index contributed by atoms with van der Waals surface area (Å²) in [5.41, 5.74) is 0.839. The highest BCUT2D eigenvalue weighted by molar-refractivity contribution is 6.32. The Morgan fingerprint density at radius 1 is 1.38 bits per heavy atom. The molecular weight excluding hydrogens is 334 g/mol. The van der Waals surface area contributed by atoms with Crippen LogP contribution in [0.15, 0.2) is 34.9 Å². The number of hydrogen-bond acceptors (Lipinski definition) is 4. The third kappa shape index (κ3) is 4.52. The van der Waals surface area contributed by atoms with Crippen LogP contribution in [0, 0.1) is 6.92 Å². The van der Waals surface area contributed by atoms with Gasteiger partial charge in [-0.25, -0.2) is 0 Å². The molecule has 2 aromatic rings. The number of para-hydroxylation sites is 1. The summed E-state index contributed by atoms with van der Waals surface area (Å²) in [6, 6.07) is 7.06. The monoisotopic (exact) mass is 351 g/mol. The van der Waals surface area contributed by atoms with Gasteiger partial charge in [0.25, 0.3) is 5.91 Å². The number of hydrogen-bond donors (Lipinski definition) is 2. The average Bonchev–Trinajstić information content (AvgIpc) is 2.87. The van der Waals surface area contributed by atoms with E-state index in [0.717, 1.165) is 0 Å². The average molecular weight is 352 g/mol. The molecule has 0 aliphatic heterocycles. The fourth-order valence-corrected chi connectivity index (χ4v) is 2.37. The van der Waals surface area contributed by atoms with Crippen LogP contribution < -0.4 is 10.1 Å². The molecule has 0 aliphatic rings. The second-order valence-corrected chi connectivity index (χ2v) is 5.76. The SMILES string of the molecule is Cc1coc(CC(=O)O)c1C(=O)NCC(C)Oc1ccccc1Cl. The summed E-state index contributed by atoms with van der Waals surface area (Å²) in [7, 11) is 0. The van der Waals surface area contributed by atoms with Gasteiger partial charge in [-0.15, -0.1) is 0 Å². The minimum atomic E-state index is -1.06. The molecule has 0 bridgehead atoms. The molecule has 0 aliphatic carbocycles. The maximum Gasteiger partial charge on any atom is 0.311 e. The second kappa shape index (κ2) is 7.88. The smallest absolute Gasteiger partial charge is 0.311 e. The van der Waals surface area contributed by atoms with E-state index in [-0.39, 0.29) is 30.4 Å². The van der Waals surface area contributed by atoms with Crippen molar-refractivity contribution in [2.45, 2.75) is 26.4 Å². The lowest BCUT2D eigenvalue weighted by Gasteiger charge is -2.16. The molecule has 6 nitrogen and oxygen atoms in total. The van der Waals surface area contributed by atoms with E-state index in [2.05, 4.69) is 5.32 Å². The fourth-order valence-electron chi connectivity index (χ4n) is 2.19. The van der Waals surface area contributed by atoms with Gasteiger partial charge in [-0.1, -0.05) is 23.7 Å². The molecule has 1 atom stereocenters. The number of ether oxygens (including phenoxy) is 1. The second-order valence-electron chi connectivity index (χ2n) is 5.36. The maximum atomic E-state index is 12.3. The minimum absolute atomic E-state index is 0.136. The standard InChI is InChI=1S/C17H18ClNO5/c1-10-9-23-14(7-15(20)21)16(10)17(22)19-8-11(2)24-13-6-4-3-5-12(13)18/h3-6,9,11H,7-8H2,1-2H3,(H,19,22)(H,20,21). The molecule has 128 valence electrons. The first-order valence-electron chi connectivity index (χ1n) is 7.36. The first-order chi connectivity index (χ1) is 11.4. The number of rotatable bonds is 7. The Morgan fingerprint density at radius 3 is 2.75 bits per heavy atom. The van der Waals surface area contributed by atoms with Gasteiger partial charge in [-0.2, -0.15) is 0 Å². The van der Waals surface area contributed by atoms with Gasteiger partial charge < -0.3 is 19.6 Å². The number of carbonyl (C=O) groups excluding carboxylic acids is 1. The number of furan rings is 1. The van der Waals surface area contributed by atoms with Gasteiger partial charge in [0, 0.05) is 5.56 Å². The Hall–Kier alpha value is -2.47. The number of aliphatic carboxylic acids is 1. The first-order valence-corrected chi connectivity index (χ1v) is 7.74. The number of nitrogens with one attached hydrogen (secondary N) is 1. The van der Waals surface area contributed by atoms with Gasteiger partial charge in [0.1, 0.15) is 24.0 Å². The van der Waals surface area contributed by atoms with Gasteiger partial charge in [0.2, 0.25) is 0 Å². The molecule has 24 heavy (non-hydrogen) atoms. The van der Waals surface area contributed by atoms with Crippen LogP contribution in [0.4, 0.5) is 0 Å². The van der Waals surface area contributed by atoms with Crippen molar-refractivity contribution in [2.75, 3.05) is 6.54 Å². The van der Waals surface area contributed by atoms with E-state index < -0.39 is 11.9 Å². The van der Waals surface area contributed by atoms with Gasteiger partial charge in [-0.05, 0) is 26.0 Å². The number of carboxylic acid groups (broad SMARTS) is 1. The third-order valence-electron chi connectivity index (χ3n) is 3.30. The lowest BCUT2D eigenvalue weighted by atomic mass is 10.1. The molecule has 1 unspecified atom stereocenters. The van der Waals surface area contributed by atoms with Crippen molar-refractivity contribution in [3.63, 3.8) is 0 Å². The zero-order chi connectivity index (χ0) is 17.7. The van der Waals surface area contributed by atoms with E-state index in [0.29, 0.717) is 16.3 Å². The molecule has 0 saturated carbocycles. The van der Waals surface area contributed by atoms with Crippen LogP contribution in [0.2, 0.25) is 5.02 Å². The summed E-state index contributed by atoms with van der Waals surface area (Å²) >= 11 is 6.02. The van der Waals surface area contributed by atoms with Crippen molar-refractivity contribution < 1.29 is 23.8 Å². The summed E-state index contributed by atoms with van der Waals surface area (Å²) in [5, 5.41) is 12.1. The number of amides is 1. The van der Waals surface area contributed by atoms with Crippen molar-refractivity contribution in [3.05, 3.63) is 52.4 Å². The largest absolute Gasteiger partial charge is 0.487 e. The Morgan fingerprint density at radius 2 is 2.08 bits per heavy atom. The molecule has 1 aromatic heterocycles. The van der Waals surface area contributed by atoms with Crippen molar-refractivity contribution in [3.8, 4) is 5.75 Å². The summed E-state index contributed by atoms with van der Waals surface area (Å²) < 4.78 is 10.8. The molecular formula is C17H18ClNO5. The summed E-state index contributed by atoms with van der Waals surface area (Å²) in [4.78, 5) is 23.1. The van der Waals surface area contributed by atoms with Crippen LogP contribution >= 0.6 is 11.6 Å². The molecule has 0 spiro atoms. The number of halogens is 1. The van der Waals surface area contributed by atoms with Crippen LogP contribution in [0.5, 0.6) is 5.75 Å². The van der Waals surface area contributed by atoms with E-state index in [1.54, 1.807) is 38.1 Å². The highest BCUT2D eigenvalue weighted by Gasteiger charge is 2.21. The Labute approximate surface area is 144 Å². The normalized spacial score (nSPS) is 11.8. The topological polar surface area (TPSA) is 88.8 Å². The maximum absolute atomic E-state index is 12.3. The fraction of sp³-hybridized carbons (Fsp3) is 0.294. The zero-order valence-electron chi connectivity index (χ0n) is 13.3. The van der Waals surface area contributed by atoms with Crippen molar-refractivity contribution in [2.24, 2.45) is 0 Å². The molecule has 1 heterocycles. The lowest BCUT2D eigenvalue weighted by Crippen LogP contribution is -2.34. The van der Waals surface area contributed by atoms with Crippen molar-refractivity contribution in [1.82, 2.24) is 5.32 Å². The van der Waals surface area contributed by atoms with Gasteiger partial charge in [0.15, 0.2) is 0 Å². The zero-order valence-corrected chi connectivity index (χ0v) is 14.1. The van der Waals surface area contributed by atoms with Gasteiger partial charge in [-0.3, -0.25) is 9.59 Å². The molecule has 1 amide bonds. The Kier molecular flexibility index (Phi) is 5.87. The van der Waals surface area contributed by atoms with E-state index in [1.807, 2.05) is 0 Å². The van der Waals surface area contributed by atoms with Crippen LogP contribution in [0.3, 0.4) is 0 Å². The number of carbonyl (C=O) groups is 2. The van der Waals surface area contributed by atoms with E-state index in [4.69, 9.17) is 25.9 Å². The first kappa shape index (κ1) is 17.9. The van der Waals surface area contributed by atoms with E-state index >= 15 is 0 Å². The summed E-state index contributed by atoms with van der Waals surface area (Å²) in [6.45, 7) is 3.72. The highest BCUT2D eigenvalue weighted by Crippen LogP contribution is 2.24. The molecule has 2 N–H and O–H groups in total. The third-order valence-corrected chi connectivity index (χ3v) is 3.62. The van der Waals surface area contributed by atoms with E-state index in [1.165, 1.54) is 6.26 Å². The molecule has 7 heteroatoms. The van der Waals surface area contributed by atoms with Gasteiger partial charge in [0.05, 0.1) is 23.4 Å². The molecule has 0 saturated heterocycles. The number of benzene rings is 1. The molecule has 2 rings (SSSR count). The Balaban J connectivity index is 1.97. The van der Waals surface area contributed by atoms with E-state index in [9.17, 15) is 9.59 Å². The highest BCUT2D eigenvalue weighted by atomic mass is 35.5. The molecule has 0 radical (unpaired) electrons. The lowest BCUT2D eigenvalue weighted by molar-refractivity contribution is -0.136. The van der Waals surface area contributed by atoms with Crippen LogP contribution in [0.25, 0.3) is 0 Å².